The van der Waals surface area contributed by atoms with Crippen molar-refractivity contribution >= 4 is 22.4 Å². The molecule has 5 heteroatoms. The molecule has 0 aliphatic rings. The summed E-state index contributed by atoms with van der Waals surface area (Å²) >= 11 is 0.540. The summed E-state index contributed by atoms with van der Waals surface area (Å²) in [7, 11) is 0. The zero-order chi connectivity index (χ0) is 22.8. The van der Waals surface area contributed by atoms with Crippen LogP contribution in [0.1, 0.15) is 142 Å². The van der Waals surface area contributed by atoms with E-state index in [2.05, 4.69) is 13.8 Å². The van der Waals surface area contributed by atoms with Gasteiger partial charge in [-0.1, -0.05) is 129 Å². The van der Waals surface area contributed by atoms with Gasteiger partial charge in [0.1, 0.15) is 0 Å². The van der Waals surface area contributed by atoms with Crippen LogP contribution in [0.3, 0.4) is 0 Å². The van der Waals surface area contributed by atoms with Crippen LogP contribution in [0.25, 0.3) is 0 Å². The van der Waals surface area contributed by atoms with E-state index in [1.54, 1.807) is 0 Å². The number of rotatable bonds is 22. The van der Waals surface area contributed by atoms with Crippen molar-refractivity contribution in [3.05, 3.63) is 0 Å². The Kier molecular flexibility index (Phi) is 25.0. The normalized spacial score (nSPS) is 10.9. The Morgan fingerprint density at radius 1 is 0.452 bits per heavy atom. The van der Waals surface area contributed by atoms with Gasteiger partial charge in [-0.3, -0.25) is 0 Å². The summed E-state index contributed by atoms with van der Waals surface area (Å²) in [5, 5.41) is -1.08. The molecule has 0 aromatic rings. The van der Waals surface area contributed by atoms with Crippen LogP contribution in [0.2, 0.25) is 0 Å². The first-order chi connectivity index (χ1) is 15.2. The second-order valence-corrected chi connectivity index (χ2v) is 9.53. The number of carbonyl (C=O) groups excluding carboxylic acids is 2. The first kappa shape index (κ1) is 30.3. The van der Waals surface area contributed by atoms with Gasteiger partial charge in [0.15, 0.2) is 0 Å². The second-order valence-electron chi connectivity index (χ2n) is 8.66. The fourth-order valence-electron chi connectivity index (χ4n) is 3.62. The van der Waals surface area contributed by atoms with Gasteiger partial charge in [-0.25, -0.2) is 9.59 Å². The molecule has 0 N–H and O–H groups in total. The lowest BCUT2D eigenvalue weighted by Gasteiger charge is -2.06. The predicted octanol–water partition coefficient (Wildman–Crippen LogP) is 9.83. The van der Waals surface area contributed by atoms with Gasteiger partial charge in [0.05, 0.1) is 25.0 Å². The third-order valence-corrected chi connectivity index (χ3v) is 6.17. The number of carbonyl (C=O) groups is 2. The smallest absolute Gasteiger partial charge is 0.378 e. The van der Waals surface area contributed by atoms with Gasteiger partial charge in [-0.05, 0) is 12.8 Å². The molecule has 0 saturated heterocycles. The van der Waals surface area contributed by atoms with Crippen LogP contribution in [-0.4, -0.2) is 23.8 Å². The minimum absolute atomic E-state index is 0.397. The van der Waals surface area contributed by atoms with Crippen molar-refractivity contribution < 1.29 is 19.1 Å². The van der Waals surface area contributed by atoms with Crippen LogP contribution in [-0.2, 0) is 9.47 Å². The molecule has 0 atom stereocenters. The van der Waals surface area contributed by atoms with E-state index < -0.39 is 10.6 Å². The van der Waals surface area contributed by atoms with Crippen LogP contribution in [0.4, 0.5) is 9.59 Å². The van der Waals surface area contributed by atoms with Gasteiger partial charge in [0, 0.05) is 0 Å². The van der Waals surface area contributed by atoms with E-state index in [1.165, 1.54) is 103 Å². The van der Waals surface area contributed by atoms with Crippen LogP contribution in [0.5, 0.6) is 0 Å². The third-order valence-electron chi connectivity index (χ3n) is 5.60. The molecule has 0 spiro atoms. The van der Waals surface area contributed by atoms with Crippen molar-refractivity contribution in [2.75, 3.05) is 13.2 Å². The average molecular weight is 459 g/mol. The van der Waals surface area contributed by atoms with Gasteiger partial charge in [-0.2, -0.15) is 0 Å². The summed E-state index contributed by atoms with van der Waals surface area (Å²) in [5.41, 5.74) is 0. The van der Waals surface area contributed by atoms with Crippen molar-refractivity contribution in [2.45, 2.75) is 142 Å². The van der Waals surface area contributed by atoms with Gasteiger partial charge >= 0.3 is 10.6 Å². The lowest BCUT2D eigenvalue weighted by atomic mass is 10.1. The first-order valence-electron chi connectivity index (χ1n) is 13.2. The summed E-state index contributed by atoms with van der Waals surface area (Å²) in [6, 6.07) is 0. The Morgan fingerprint density at radius 3 is 1.00 bits per heavy atom. The quantitative estimate of drug-likeness (QED) is 0.119. The minimum Gasteiger partial charge on any atom is -0.457 e. The van der Waals surface area contributed by atoms with Gasteiger partial charge in [0.25, 0.3) is 0 Å². The highest BCUT2D eigenvalue weighted by Crippen LogP contribution is 2.14. The second kappa shape index (κ2) is 25.5. The molecule has 0 rings (SSSR count). The highest BCUT2D eigenvalue weighted by atomic mass is 32.2. The summed E-state index contributed by atoms with van der Waals surface area (Å²) in [6.45, 7) is 5.28. The number of ether oxygens (including phenoxy) is 2. The molecule has 0 amide bonds. The van der Waals surface area contributed by atoms with Crippen molar-refractivity contribution in [2.24, 2.45) is 0 Å². The number of thioether (sulfide) groups is 1. The zero-order valence-electron chi connectivity index (χ0n) is 20.6. The average Bonchev–Trinajstić information content (AvgIpc) is 2.75. The van der Waals surface area contributed by atoms with Crippen LogP contribution < -0.4 is 0 Å². The van der Waals surface area contributed by atoms with Crippen LogP contribution in [0, 0.1) is 0 Å². The number of hydrogen-bond donors (Lipinski definition) is 0. The lowest BCUT2D eigenvalue weighted by Crippen LogP contribution is -2.06. The molecule has 184 valence electrons. The molecule has 0 bridgehead atoms. The molecular formula is C26H50O4S. The molecule has 4 nitrogen and oxygen atoms in total. The zero-order valence-corrected chi connectivity index (χ0v) is 21.4. The summed E-state index contributed by atoms with van der Waals surface area (Å²) in [4.78, 5) is 23.3. The molecule has 0 aliphatic carbocycles. The molecule has 0 saturated carbocycles. The number of hydrogen-bond acceptors (Lipinski definition) is 5. The summed E-state index contributed by atoms with van der Waals surface area (Å²) in [6.07, 6.45) is 24.9. The van der Waals surface area contributed by atoms with Crippen molar-refractivity contribution in [3.8, 4) is 0 Å². The van der Waals surface area contributed by atoms with E-state index in [-0.39, 0.29) is 0 Å². The SMILES string of the molecule is CCCCCCCCCCCCOC(=O)SC(=O)OCCCCCCCCCCCC. The number of unbranched alkanes of at least 4 members (excludes halogenated alkanes) is 18. The monoisotopic (exact) mass is 458 g/mol. The molecular weight excluding hydrogens is 408 g/mol. The Bertz CT molecular complexity index is 365. The topological polar surface area (TPSA) is 52.6 Å². The maximum absolute atomic E-state index is 11.7. The molecule has 0 aromatic carbocycles. The fourth-order valence-corrected chi connectivity index (χ4v) is 4.04. The van der Waals surface area contributed by atoms with Gasteiger partial charge in [0.2, 0.25) is 0 Å². The Morgan fingerprint density at radius 2 is 0.710 bits per heavy atom. The van der Waals surface area contributed by atoms with Crippen molar-refractivity contribution in [1.29, 1.82) is 0 Å². The minimum atomic E-state index is -0.538. The molecule has 0 unspecified atom stereocenters. The standard InChI is InChI=1S/C26H50O4S/c1-3-5-7-9-11-13-15-17-19-21-23-29-25(27)31-26(28)30-24-22-20-18-16-14-12-10-8-6-4-2/h3-24H2,1-2H3. The Balaban J connectivity index is 3.31. The highest BCUT2D eigenvalue weighted by molar-refractivity contribution is 8.25. The van der Waals surface area contributed by atoms with E-state index in [9.17, 15) is 9.59 Å². The lowest BCUT2D eigenvalue weighted by molar-refractivity contribution is 0.166. The molecule has 31 heavy (non-hydrogen) atoms. The molecule has 0 heterocycles. The van der Waals surface area contributed by atoms with Crippen molar-refractivity contribution in [1.82, 2.24) is 0 Å². The maximum atomic E-state index is 11.7. The van der Waals surface area contributed by atoms with E-state index >= 15 is 0 Å². The molecule has 0 aromatic heterocycles. The maximum Gasteiger partial charge on any atom is 0.378 e. The van der Waals surface area contributed by atoms with Gasteiger partial charge < -0.3 is 9.47 Å². The van der Waals surface area contributed by atoms with E-state index in [1.807, 2.05) is 0 Å². The summed E-state index contributed by atoms with van der Waals surface area (Å²) < 4.78 is 10.2. The van der Waals surface area contributed by atoms with Gasteiger partial charge in [-0.15, -0.1) is 0 Å². The molecule has 0 radical (unpaired) electrons. The third kappa shape index (κ3) is 25.4. The molecule has 0 aliphatic heterocycles. The summed E-state index contributed by atoms with van der Waals surface area (Å²) in [5.74, 6) is 0. The Hall–Kier alpha value is -0.710. The fraction of sp³-hybridized carbons (Fsp3) is 0.923. The largest absolute Gasteiger partial charge is 0.457 e. The molecule has 0 fully saturated rings. The Labute approximate surface area is 197 Å². The van der Waals surface area contributed by atoms with Crippen LogP contribution >= 0.6 is 11.8 Å². The first-order valence-corrected chi connectivity index (χ1v) is 14.0. The predicted molar refractivity (Wildman–Crippen MR) is 134 cm³/mol. The van der Waals surface area contributed by atoms with E-state index in [0.29, 0.717) is 25.0 Å². The van der Waals surface area contributed by atoms with Crippen molar-refractivity contribution in [3.63, 3.8) is 0 Å². The highest BCUT2D eigenvalue weighted by Gasteiger charge is 2.13. The van der Waals surface area contributed by atoms with E-state index in [4.69, 9.17) is 9.47 Å². The van der Waals surface area contributed by atoms with E-state index in [0.717, 1.165) is 25.7 Å². The van der Waals surface area contributed by atoms with Crippen LogP contribution in [0.15, 0.2) is 0 Å².